The Kier molecular flexibility index (Phi) is 6.69. The van der Waals surface area contributed by atoms with Crippen molar-refractivity contribution >= 4 is 11.3 Å². The van der Waals surface area contributed by atoms with Gasteiger partial charge in [0, 0.05) is 19.1 Å². The number of hydrogen-bond acceptors (Lipinski definition) is 3. The molecule has 0 spiro atoms. The van der Waals surface area contributed by atoms with Gasteiger partial charge in [-0.05, 0) is 41.7 Å². The molecule has 16 heavy (non-hydrogen) atoms. The van der Waals surface area contributed by atoms with Crippen LogP contribution in [0.15, 0.2) is 16.8 Å². The molecule has 0 fully saturated rings. The molecule has 1 rings (SSSR count). The molecule has 2 nitrogen and oxygen atoms in total. The molecule has 3 heteroatoms. The van der Waals surface area contributed by atoms with Gasteiger partial charge in [0.05, 0.1) is 6.61 Å². The van der Waals surface area contributed by atoms with Crippen LogP contribution in [0.5, 0.6) is 0 Å². The van der Waals surface area contributed by atoms with Gasteiger partial charge in [0.25, 0.3) is 0 Å². The topological polar surface area (TPSA) is 23.5 Å². The summed E-state index contributed by atoms with van der Waals surface area (Å²) in [6, 6.07) is 2.81. The Balaban J connectivity index is 2.43. The van der Waals surface area contributed by atoms with Crippen molar-refractivity contribution in [3.8, 4) is 0 Å². The molecule has 1 N–H and O–H groups in total. The lowest BCUT2D eigenvalue weighted by Gasteiger charge is -2.29. The van der Waals surface area contributed by atoms with Crippen molar-refractivity contribution in [2.75, 3.05) is 19.7 Å². The molecule has 1 aromatic heterocycles. The van der Waals surface area contributed by atoms with Crippen LogP contribution in [0.1, 0.15) is 32.3 Å². The summed E-state index contributed by atoms with van der Waals surface area (Å²) in [5.41, 5.74) is 1.42. The summed E-state index contributed by atoms with van der Waals surface area (Å²) in [4.78, 5) is 2.41. The van der Waals surface area contributed by atoms with Gasteiger partial charge in [-0.2, -0.15) is 11.3 Å². The monoisotopic (exact) mass is 241 g/mol. The molecule has 0 unspecified atom stereocenters. The Morgan fingerprint density at radius 2 is 2.06 bits per heavy atom. The van der Waals surface area contributed by atoms with Crippen molar-refractivity contribution in [3.05, 3.63) is 22.4 Å². The van der Waals surface area contributed by atoms with Gasteiger partial charge in [-0.3, -0.25) is 4.90 Å². The van der Waals surface area contributed by atoms with E-state index in [-0.39, 0.29) is 6.61 Å². The molecule has 0 aliphatic heterocycles. The summed E-state index contributed by atoms with van der Waals surface area (Å²) in [7, 11) is 0. The third kappa shape index (κ3) is 4.24. The second kappa shape index (κ2) is 7.82. The first-order chi connectivity index (χ1) is 7.81. The molecule has 0 bridgehead atoms. The number of rotatable bonds is 8. The maximum atomic E-state index is 9.09. The van der Waals surface area contributed by atoms with Gasteiger partial charge in [0.15, 0.2) is 0 Å². The minimum Gasteiger partial charge on any atom is -0.395 e. The van der Waals surface area contributed by atoms with Crippen molar-refractivity contribution < 1.29 is 5.11 Å². The largest absolute Gasteiger partial charge is 0.395 e. The number of nitrogens with zero attached hydrogens (tertiary/aromatic N) is 1. The lowest BCUT2D eigenvalue weighted by molar-refractivity contribution is 0.145. The summed E-state index contributed by atoms with van der Waals surface area (Å²) in [6.07, 6.45) is 3.43. The van der Waals surface area contributed by atoms with Gasteiger partial charge in [-0.1, -0.05) is 13.8 Å². The quantitative estimate of drug-likeness (QED) is 0.756. The highest BCUT2D eigenvalue weighted by molar-refractivity contribution is 7.07. The molecule has 0 saturated carbocycles. The van der Waals surface area contributed by atoms with Crippen LogP contribution in [0, 0.1) is 0 Å². The van der Waals surface area contributed by atoms with Crippen molar-refractivity contribution in [2.24, 2.45) is 0 Å². The van der Waals surface area contributed by atoms with Crippen LogP contribution in [0.4, 0.5) is 0 Å². The van der Waals surface area contributed by atoms with Crippen LogP contribution in [0.2, 0.25) is 0 Å². The van der Waals surface area contributed by atoms with Gasteiger partial charge in [-0.25, -0.2) is 0 Å². The Labute approximate surface area is 103 Å². The molecule has 92 valence electrons. The van der Waals surface area contributed by atoms with Crippen molar-refractivity contribution in [1.29, 1.82) is 0 Å². The third-order valence-corrected chi connectivity index (χ3v) is 3.85. The standard InChI is InChI=1S/C13H23NOS/c1-3-13(4-2)14(8-9-15)7-5-12-6-10-16-11-12/h6,10-11,13,15H,3-5,7-9H2,1-2H3. The predicted octanol–water partition coefficient (Wildman–Crippen LogP) is 2.77. The highest BCUT2D eigenvalue weighted by atomic mass is 32.1. The molecule has 0 amide bonds. The predicted molar refractivity (Wildman–Crippen MR) is 71.1 cm³/mol. The molecule has 1 heterocycles. The lowest BCUT2D eigenvalue weighted by Crippen LogP contribution is -2.38. The Bertz CT molecular complexity index is 257. The molecule has 1 aromatic rings. The van der Waals surface area contributed by atoms with Crippen molar-refractivity contribution in [1.82, 2.24) is 4.90 Å². The van der Waals surface area contributed by atoms with E-state index in [9.17, 15) is 0 Å². The molecule has 0 atom stereocenters. The summed E-state index contributed by atoms with van der Waals surface area (Å²) in [5.74, 6) is 0. The van der Waals surface area contributed by atoms with Gasteiger partial charge >= 0.3 is 0 Å². The van der Waals surface area contributed by atoms with Crippen molar-refractivity contribution in [2.45, 2.75) is 39.2 Å². The first-order valence-electron chi connectivity index (χ1n) is 6.17. The fourth-order valence-corrected chi connectivity index (χ4v) is 2.82. The van der Waals surface area contributed by atoms with Gasteiger partial charge in [0.2, 0.25) is 0 Å². The van der Waals surface area contributed by atoms with Crippen molar-refractivity contribution in [3.63, 3.8) is 0 Å². The highest BCUT2D eigenvalue weighted by Crippen LogP contribution is 2.12. The normalized spacial score (nSPS) is 11.6. The van der Waals surface area contributed by atoms with Gasteiger partial charge in [0.1, 0.15) is 0 Å². The lowest BCUT2D eigenvalue weighted by atomic mass is 10.1. The van der Waals surface area contributed by atoms with E-state index in [1.807, 2.05) is 0 Å². The molecular weight excluding hydrogens is 218 g/mol. The number of aliphatic hydroxyl groups excluding tert-OH is 1. The smallest absolute Gasteiger partial charge is 0.0558 e. The van der Waals surface area contributed by atoms with E-state index in [0.717, 1.165) is 19.5 Å². The van der Waals surface area contributed by atoms with E-state index in [4.69, 9.17) is 5.11 Å². The average Bonchev–Trinajstić information content (AvgIpc) is 2.80. The average molecular weight is 241 g/mol. The van der Waals surface area contributed by atoms with Crippen LogP contribution < -0.4 is 0 Å². The van der Waals surface area contributed by atoms with Crippen LogP contribution >= 0.6 is 11.3 Å². The molecular formula is C13H23NOS. The van der Waals surface area contributed by atoms with Crippen LogP contribution in [0.25, 0.3) is 0 Å². The fourth-order valence-electron chi connectivity index (χ4n) is 2.12. The second-order valence-electron chi connectivity index (χ2n) is 4.11. The third-order valence-electron chi connectivity index (χ3n) is 3.11. The van der Waals surface area contributed by atoms with E-state index in [2.05, 4.69) is 35.6 Å². The zero-order valence-electron chi connectivity index (χ0n) is 10.4. The first kappa shape index (κ1) is 13.7. The zero-order chi connectivity index (χ0) is 11.8. The van der Waals surface area contributed by atoms with Crippen LogP contribution in [-0.4, -0.2) is 35.7 Å². The Morgan fingerprint density at radius 1 is 1.31 bits per heavy atom. The summed E-state index contributed by atoms with van der Waals surface area (Å²) in [5, 5.41) is 13.4. The first-order valence-corrected chi connectivity index (χ1v) is 7.12. The van der Waals surface area contributed by atoms with Gasteiger partial charge < -0.3 is 5.11 Å². The number of hydrogen-bond donors (Lipinski definition) is 1. The second-order valence-corrected chi connectivity index (χ2v) is 4.89. The summed E-state index contributed by atoms with van der Waals surface area (Å²) < 4.78 is 0. The summed E-state index contributed by atoms with van der Waals surface area (Å²) in [6.45, 7) is 6.58. The Hall–Kier alpha value is -0.380. The van der Waals surface area contributed by atoms with E-state index in [0.29, 0.717) is 6.04 Å². The number of thiophene rings is 1. The van der Waals surface area contributed by atoms with E-state index < -0.39 is 0 Å². The maximum absolute atomic E-state index is 9.09. The minimum atomic E-state index is 0.264. The van der Waals surface area contributed by atoms with Gasteiger partial charge in [-0.15, -0.1) is 0 Å². The zero-order valence-corrected chi connectivity index (χ0v) is 11.2. The summed E-state index contributed by atoms with van der Waals surface area (Å²) >= 11 is 1.76. The molecule has 0 saturated heterocycles. The highest BCUT2D eigenvalue weighted by Gasteiger charge is 2.13. The maximum Gasteiger partial charge on any atom is 0.0558 e. The molecule has 0 aromatic carbocycles. The van der Waals surface area contributed by atoms with Crippen LogP contribution in [0.3, 0.4) is 0 Å². The van der Waals surface area contributed by atoms with Crippen LogP contribution in [-0.2, 0) is 6.42 Å². The SMILES string of the molecule is CCC(CC)N(CCO)CCc1ccsc1. The van der Waals surface area contributed by atoms with E-state index in [1.165, 1.54) is 18.4 Å². The minimum absolute atomic E-state index is 0.264. The van der Waals surface area contributed by atoms with E-state index >= 15 is 0 Å². The number of aliphatic hydroxyl groups is 1. The molecule has 0 radical (unpaired) electrons. The fraction of sp³-hybridized carbons (Fsp3) is 0.692. The molecule has 0 aliphatic rings. The van der Waals surface area contributed by atoms with E-state index in [1.54, 1.807) is 11.3 Å². The Morgan fingerprint density at radius 3 is 2.56 bits per heavy atom. The molecule has 0 aliphatic carbocycles.